The molecule has 2 N–H and O–H groups in total. The number of hydrogen-bond donors (Lipinski definition) is 1. The van der Waals surface area contributed by atoms with Crippen molar-refractivity contribution in [1.29, 1.82) is 0 Å². The zero-order valence-corrected chi connectivity index (χ0v) is 14.1. The van der Waals surface area contributed by atoms with Crippen LogP contribution >= 0.6 is 12.4 Å². The van der Waals surface area contributed by atoms with Gasteiger partial charge in [0, 0.05) is 40.3 Å². The molecule has 0 rings (SSSR count). The molecule has 0 aromatic heterocycles. The van der Waals surface area contributed by atoms with E-state index in [2.05, 4.69) is 0 Å². The van der Waals surface area contributed by atoms with Crippen LogP contribution in [0.25, 0.3) is 0 Å². The lowest BCUT2D eigenvalue weighted by atomic mass is 10.0. The number of rotatable bonds is 9. The maximum absolute atomic E-state index is 12.1. The summed E-state index contributed by atoms with van der Waals surface area (Å²) in [5, 5.41) is 0. The number of likely N-dealkylation sites (N-methyl/N-ethyl adjacent to an activating group) is 1. The molecule has 0 amide bonds. The Labute approximate surface area is 123 Å². The highest BCUT2D eigenvalue weighted by molar-refractivity contribution is 7.86. The van der Waals surface area contributed by atoms with Crippen molar-refractivity contribution in [3.8, 4) is 0 Å². The van der Waals surface area contributed by atoms with Gasteiger partial charge in [-0.25, -0.2) is 0 Å². The van der Waals surface area contributed by atoms with Gasteiger partial charge in [-0.2, -0.15) is 17.0 Å². The minimum Gasteiger partial charge on any atom is -0.383 e. The Morgan fingerprint density at radius 3 is 2.05 bits per heavy atom. The third-order valence-corrected chi connectivity index (χ3v) is 4.97. The summed E-state index contributed by atoms with van der Waals surface area (Å²) in [7, 11) is 1.27. The monoisotopic (exact) mass is 317 g/mol. The van der Waals surface area contributed by atoms with E-state index in [4.69, 9.17) is 10.5 Å². The normalized spacial score (nSPS) is 13.9. The van der Waals surface area contributed by atoms with E-state index in [-0.39, 0.29) is 18.4 Å². The molecule has 0 saturated heterocycles. The summed E-state index contributed by atoms with van der Waals surface area (Å²) in [5.74, 6) is 0.354. The number of nitrogens with zero attached hydrogens (tertiary/aromatic N) is 2. The molecule has 0 aliphatic carbocycles. The summed E-state index contributed by atoms with van der Waals surface area (Å²) < 4.78 is 31.6. The molecule has 6 nitrogen and oxygen atoms in total. The van der Waals surface area contributed by atoms with Crippen molar-refractivity contribution in [2.75, 3.05) is 40.9 Å². The summed E-state index contributed by atoms with van der Waals surface area (Å²) in [6.45, 7) is 5.22. The fourth-order valence-corrected chi connectivity index (χ4v) is 2.47. The third-order valence-electron chi connectivity index (χ3n) is 3.03. The van der Waals surface area contributed by atoms with Crippen molar-refractivity contribution in [3.63, 3.8) is 0 Å². The Morgan fingerprint density at radius 1 is 1.16 bits per heavy atom. The smallest absolute Gasteiger partial charge is 0.281 e. The number of ether oxygens (including phenoxy) is 1. The van der Waals surface area contributed by atoms with Gasteiger partial charge in [-0.1, -0.05) is 13.8 Å². The maximum Gasteiger partial charge on any atom is 0.281 e. The molecule has 8 heteroatoms. The van der Waals surface area contributed by atoms with Crippen molar-refractivity contribution in [1.82, 2.24) is 8.61 Å². The minimum absolute atomic E-state index is 0. The molecule has 0 spiro atoms. The van der Waals surface area contributed by atoms with Gasteiger partial charge in [0.1, 0.15) is 0 Å². The van der Waals surface area contributed by atoms with E-state index in [0.717, 1.165) is 0 Å². The van der Waals surface area contributed by atoms with Gasteiger partial charge in [-0.05, 0) is 12.3 Å². The van der Waals surface area contributed by atoms with Gasteiger partial charge in [0.15, 0.2) is 0 Å². The first kappa shape index (κ1) is 21.4. The zero-order valence-electron chi connectivity index (χ0n) is 12.5. The number of halogens is 1. The summed E-state index contributed by atoms with van der Waals surface area (Å²) in [6.07, 6.45) is 0.658. The average molecular weight is 318 g/mol. The fraction of sp³-hybridized carbons (Fsp3) is 1.00. The van der Waals surface area contributed by atoms with E-state index < -0.39 is 10.2 Å². The summed E-state index contributed by atoms with van der Waals surface area (Å²) in [4.78, 5) is 0. The van der Waals surface area contributed by atoms with Gasteiger partial charge in [-0.15, -0.1) is 12.4 Å². The molecular weight excluding hydrogens is 290 g/mol. The lowest BCUT2D eigenvalue weighted by Crippen LogP contribution is -2.43. The molecule has 19 heavy (non-hydrogen) atoms. The Hall–Kier alpha value is 0.0800. The van der Waals surface area contributed by atoms with Crippen LogP contribution in [0.1, 0.15) is 20.3 Å². The Balaban J connectivity index is 0. The lowest BCUT2D eigenvalue weighted by molar-refractivity contribution is 0.183. The number of nitrogens with two attached hydrogens (primary N) is 1. The topological polar surface area (TPSA) is 75.9 Å². The number of hydrogen-bond acceptors (Lipinski definition) is 4. The second kappa shape index (κ2) is 9.90. The lowest BCUT2D eigenvalue weighted by Gasteiger charge is -2.25. The maximum atomic E-state index is 12.1. The minimum atomic E-state index is -3.40. The molecule has 0 aromatic rings. The molecule has 0 aliphatic rings. The van der Waals surface area contributed by atoms with Gasteiger partial charge in [0.25, 0.3) is 10.2 Å². The van der Waals surface area contributed by atoms with E-state index >= 15 is 0 Å². The first-order chi connectivity index (χ1) is 8.23. The molecule has 0 aromatic carbocycles. The van der Waals surface area contributed by atoms with Gasteiger partial charge in [-0.3, -0.25) is 0 Å². The van der Waals surface area contributed by atoms with Crippen molar-refractivity contribution >= 4 is 22.6 Å². The standard InChI is InChI=1S/C11H27N3O3S.ClH/c1-10(2)11(12)6-7-13(3)18(15,16)14(4)8-9-17-5;/h10-11H,6-9,12H2,1-5H3;1H. The molecule has 0 heterocycles. The highest BCUT2D eigenvalue weighted by atomic mass is 35.5. The summed E-state index contributed by atoms with van der Waals surface area (Å²) in [5.41, 5.74) is 5.91. The highest BCUT2D eigenvalue weighted by Crippen LogP contribution is 2.08. The zero-order chi connectivity index (χ0) is 14.3. The van der Waals surface area contributed by atoms with Gasteiger partial charge in [0.05, 0.1) is 6.61 Å². The molecule has 0 aliphatic heterocycles. The van der Waals surface area contributed by atoms with Crippen LogP contribution in [0.15, 0.2) is 0 Å². The molecule has 118 valence electrons. The number of methoxy groups -OCH3 is 1. The van der Waals surface area contributed by atoms with Crippen LogP contribution in [0.3, 0.4) is 0 Å². The molecule has 0 fully saturated rings. The summed E-state index contributed by atoms with van der Waals surface area (Å²) >= 11 is 0. The van der Waals surface area contributed by atoms with Crippen LogP contribution in [0.2, 0.25) is 0 Å². The molecule has 1 atom stereocenters. The van der Waals surface area contributed by atoms with Crippen molar-refractivity contribution in [3.05, 3.63) is 0 Å². The van der Waals surface area contributed by atoms with Crippen LogP contribution in [0.4, 0.5) is 0 Å². The Kier molecular flexibility index (Phi) is 11.1. The van der Waals surface area contributed by atoms with Crippen LogP contribution in [0.5, 0.6) is 0 Å². The average Bonchev–Trinajstić information content (AvgIpc) is 2.31. The van der Waals surface area contributed by atoms with Crippen LogP contribution in [-0.4, -0.2) is 64.0 Å². The molecular formula is C11H28ClN3O3S. The van der Waals surface area contributed by atoms with Gasteiger partial charge in [0.2, 0.25) is 0 Å². The van der Waals surface area contributed by atoms with Gasteiger partial charge < -0.3 is 10.5 Å². The second-order valence-corrected chi connectivity index (χ2v) is 6.98. The Morgan fingerprint density at radius 2 is 1.63 bits per heavy atom. The fourth-order valence-electron chi connectivity index (χ4n) is 1.35. The van der Waals surface area contributed by atoms with Gasteiger partial charge >= 0.3 is 0 Å². The van der Waals surface area contributed by atoms with Crippen LogP contribution in [0, 0.1) is 5.92 Å². The van der Waals surface area contributed by atoms with E-state index in [0.29, 0.717) is 32.0 Å². The third kappa shape index (κ3) is 7.43. The predicted octanol–water partition coefficient (Wildman–Crippen LogP) is 0.536. The predicted molar refractivity (Wildman–Crippen MR) is 80.7 cm³/mol. The highest BCUT2D eigenvalue weighted by Gasteiger charge is 2.23. The molecule has 1 unspecified atom stereocenters. The van der Waals surface area contributed by atoms with E-state index in [1.54, 1.807) is 21.2 Å². The second-order valence-electron chi connectivity index (χ2n) is 4.84. The van der Waals surface area contributed by atoms with E-state index in [1.165, 1.54) is 8.61 Å². The van der Waals surface area contributed by atoms with Crippen molar-refractivity contribution in [2.45, 2.75) is 26.3 Å². The largest absolute Gasteiger partial charge is 0.383 e. The quantitative estimate of drug-likeness (QED) is 0.673. The Bertz CT molecular complexity index is 325. The van der Waals surface area contributed by atoms with E-state index in [1.807, 2.05) is 13.8 Å². The molecule has 0 bridgehead atoms. The SMILES string of the molecule is COCCN(C)S(=O)(=O)N(C)CCC(N)C(C)C.Cl. The molecule has 0 radical (unpaired) electrons. The van der Waals surface area contributed by atoms with Crippen molar-refractivity contribution in [2.24, 2.45) is 11.7 Å². The van der Waals surface area contributed by atoms with Crippen molar-refractivity contribution < 1.29 is 13.2 Å². The first-order valence-electron chi connectivity index (χ1n) is 6.15. The van der Waals surface area contributed by atoms with Crippen LogP contribution < -0.4 is 5.73 Å². The summed E-state index contributed by atoms with van der Waals surface area (Å²) in [6, 6.07) is 0.0203. The first-order valence-corrected chi connectivity index (χ1v) is 7.55. The van der Waals surface area contributed by atoms with E-state index in [9.17, 15) is 8.42 Å². The molecule has 0 saturated carbocycles. The van der Waals surface area contributed by atoms with Crippen LogP contribution in [-0.2, 0) is 14.9 Å².